The van der Waals surface area contributed by atoms with Crippen LogP contribution in [-0.2, 0) is 4.79 Å². The zero-order chi connectivity index (χ0) is 12.7. The molecule has 1 unspecified atom stereocenters. The molecule has 1 heterocycles. The minimum Gasteiger partial charge on any atom is -0.395 e. The Bertz CT molecular complexity index is 231. The van der Waals surface area contributed by atoms with Gasteiger partial charge in [0.1, 0.15) is 0 Å². The summed E-state index contributed by atoms with van der Waals surface area (Å²) in [4.78, 5) is 13.8. The Morgan fingerprint density at radius 1 is 1.41 bits per heavy atom. The van der Waals surface area contributed by atoms with E-state index >= 15 is 0 Å². The van der Waals surface area contributed by atoms with Gasteiger partial charge in [-0.3, -0.25) is 9.69 Å². The number of rotatable bonds is 5. The number of aliphatic hydroxyl groups excluding tert-OH is 1. The molecule has 0 spiro atoms. The molecule has 4 heteroatoms. The van der Waals surface area contributed by atoms with Gasteiger partial charge in [0.25, 0.3) is 0 Å². The molecule has 0 aromatic carbocycles. The molecule has 1 amide bonds. The van der Waals surface area contributed by atoms with Crippen LogP contribution >= 0.6 is 0 Å². The van der Waals surface area contributed by atoms with Crippen LogP contribution < -0.4 is 5.32 Å². The number of likely N-dealkylation sites (tertiary alicyclic amines) is 1. The average Bonchev–Trinajstić information content (AvgIpc) is 2.52. The van der Waals surface area contributed by atoms with Gasteiger partial charge in [-0.2, -0.15) is 0 Å². The van der Waals surface area contributed by atoms with E-state index in [0.29, 0.717) is 13.1 Å². The van der Waals surface area contributed by atoms with Gasteiger partial charge in [0.15, 0.2) is 0 Å². The van der Waals surface area contributed by atoms with E-state index < -0.39 is 0 Å². The Labute approximate surface area is 104 Å². The second-order valence-corrected chi connectivity index (χ2v) is 5.28. The summed E-state index contributed by atoms with van der Waals surface area (Å²) < 4.78 is 0. The van der Waals surface area contributed by atoms with Gasteiger partial charge < -0.3 is 10.4 Å². The molecule has 0 saturated carbocycles. The van der Waals surface area contributed by atoms with Crippen molar-refractivity contribution >= 4 is 5.91 Å². The molecule has 0 aromatic heterocycles. The first-order valence-corrected chi connectivity index (χ1v) is 6.73. The summed E-state index contributed by atoms with van der Waals surface area (Å²) in [6.45, 7) is 7.47. The molecule has 1 fully saturated rings. The third-order valence-electron chi connectivity index (χ3n) is 3.61. The predicted octanol–water partition coefficient (Wildman–Crippen LogP) is 0.853. The summed E-state index contributed by atoms with van der Waals surface area (Å²) in [5.74, 6) is 1.58. The van der Waals surface area contributed by atoms with Gasteiger partial charge in [-0.15, -0.1) is 0 Å². The van der Waals surface area contributed by atoms with Crippen molar-refractivity contribution in [3.05, 3.63) is 0 Å². The van der Waals surface area contributed by atoms with Gasteiger partial charge in [-0.25, -0.2) is 0 Å². The van der Waals surface area contributed by atoms with Crippen molar-refractivity contribution in [1.29, 1.82) is 0 Å². The summed E-state index contributed by atoms with van der Waals surface area (Å²) in [5.41, 5.74) is 0. The average molecular weight is 242 g/mol. The molecule has 0 radical (unpaired) electrons. The highest BCUT2D eigenvalue weighted by Gasteiger charge is 2.20. The fourth-order valence-corrected chi connectivity index (χ4v) is 2.46. The number of amides is 1. The maximum atomic E-state index is 11.5. The third kappa shape index (κ3) is 5.50. The summed E-state index contributed by atoms with van der Waals surface area (Å²) in [7, 11) is 0. The van der Waals surface area contributed by atoms with Gasteiger partial charge in [0, 0.05) is 6.54 Å². The molecule has 1 atom stereocenters. The van der Waals surface area contributed by atoms with E-state index in [1.807, 2.05) is 0 Å². The monoisotopic (exact) mass is 242 g/mol. The molecule has 0 bridgehead atoms. The molecule has 1 aliphatic heterocycles. The predicted molar refractivity (Wildman–Crippen MR) is 68.7 cm³/mol. The number of carbonyl (C=O) groups is 1. The zero-order valence-electron chi connectivity index (χ0n) is 11.1. The second kappa shape index (κ2) is 7.67. The van der Waals surface area contributed by atoms with E-state index in [1.165, 1.54) is 19.3 Å². The van der Waals surface area contributed by atoms with Gasteiger partial charge in [-0.05, 0) is 44.2 Å². The number of hydrogen-bond donors (Lipinski definition) is 2. The van der Waals surface area contributed by atoms with Crippen molar-refractivity contribution in [2.45, 2.75) is 33.1 Å². The highest BCUT2D eigenvalue weighted by atomic mass is 16.3. The first-order chi connectivity index (χ1) is 8.13. The van der Waals surface area contributed by atoms with Crippen LogP contribution in [0.25, 0.3) is 0 Å². The number of hydrogen-bond acceptors (Lipinski definition) is 3. The quantitative estimate of drug-likeness (QED) is 0.751. The highest BCUT2D eigenvalue weighted by Crippen LogP contribution is 2.24. The Hall–Kier alpha value is -0.610. The molecule has 0 aliphatic carbocycles. The minimum absolute atomic E-state index is 0.0150. The first kappa shape index (κ1) is 14.5. The van der Waals surface area contributed by atoms with Crippen molar-refractivity contribution in [1.82, 2.24) is 10.2 Å². The molecule has 1 saturated heterocycles. The van der Waals surface area contributed by atoms with Crippen molar-refractivity contribution < 1.29 is 9.90 Å². The van der Waals surface area contributed by atoms with Gasteiger partial charge in [-0.1, -0.05) is 13.8 Å². The number of nitrogens with one attached hydrogen (secondary N) is 1. The normalized spacial score (nSPS) is 22.5. The fraction of sp³-hybridized carbons (Fsp3) is 0.923. The van der Waals surface area contributed by atoms with Crippen LogP contribution in [0.3, 0.4) is 0 Å². The van der Waals surface area contributed by atoms with Crippen molar-refractivity contribution in [2.75, 3.05) is 32.8 Å². The Balaban J connectivity index is 2.28. The molecule has 1 aliphatic rings. The van der Waals surface area contributed by atoms with Gasteiger partial charge >= 0.3 is 0 Å². The third-order valence-corrected chi connectivity index (χ3v) is 3.61. The molecule has 0 aromatic rings. The van der Waals surface area contributed by atoms with E-state index in [2.05, 4.69) is 24.1 Å². The molecule has 1 rings (SSSR count). The standard InChI is InChI=1S/C13H26N2O2/c1-11(2)12-4-3-7-15(8-5-12)10-13(17)14-6-9-16/h11-12,16H,3-10H2,1-2H3,(H,14,17). The lowest BCUT2D eigenvalue weighted by molar-refractivity contribution is -0.122. The van der Waals surface area contributed by atoms with Crippen LogP contribution in [0.1, 0.15) is 33.1 Å². The topological polar surface area (TPSA) is 52.6 Å². The van der Waals surface area contributed by atoms with Crippen LogP contribution in [-0.4, -0.2) is 48.7 Å². The maximum absolute atomic E-state index is 11.5. The van der Waals surface area contributed by atoms with E-state index in [1.54, 1.807) is 0 Å². The maximum Gasteiger partial charge on any atom is 0.234 e. The number of aliphatic hydroxyl groups is 1. The smallest absolute Gasteiger partial charge is 0.234 e. The second-order valence-electron chi connectivity index (χ2n) is 5.28. The van der Waals surface area contributed by atoms with Crippen LogP contribution in [0.5, 0.6) is 0 Å². The molecule has 2 N–H and O–H groups in total. The lowest BCUT2D eigenvalue weighted by Crippen LogP contribution is -2.38. The molecular formula is C13H26N2O2. The summed E-state index contributed by atoms with van der Waals surface area (Å²) in [6, 6.07) is 0. The summed E-state index contributed by atoms with van der Waals surface area (Å²) >= 11 is 0. The summed E-state index contributed by atoms with van der Waals surface area (Å²) in [6.07, 6.45) is 3.67. The molecule has 4 nitrogen and oxygen atoms in total. The van der Waals surface area contributed by atoms with Crippen LogP contribution in [0.4, 0.5) is 0 Å². The van der Waals surface area contributed by atoms with Crippen LogP contribution in [0.15, 0.2) is 0 Å². The summed E-state index contributed by atoms with van der Waals surface area (Å²) in [5, 5.41) is 11.3. The lowest BCUT2D eigenvalue weighted by Gasteiger charge is -2.20. The SMILES string of the molecule is CC(C)C1CCCN(CC(=O)NCCO)CC1. The molecule has 17 heavy (non-hydrogen) atoms. The van der Waals surface area contributed by atoms with Crippen LogP contribution in [0, 0.1) is 11.8 Å². The Morgan fingerprint density at radius 3 is 2.82 bits per heavy atom. The Morgan fingerprint density at radius 2 is 2.18 bits per heavy atom. The van der Waals surface area contributed by atoms with Gasteiger partial charge in [0.2, 0.25) is 5.91 Å². The number of nitrogens with zero attached hydrogens (tertiary/aromatic N) is 1. The van der Waals surface area contributed by atoms with Crippen molar-refractivity contribution in [3.63, 3.8) is 0 Å². The van der Waals surface area contributed by atoms with Crippen molar-refractivity contribution in [2.24, 2.45) is 11.8 Å². The zero-order valence-corrected chi connectivity index (χ0v) is 11.1. The first-order valence-electron chi connectivity index (χ1n) is 6.73. The van der Waals surface area contributed by atoms with Crippen molar-refractivity contribution in [3.8, 4) is 0 Å². The highest BCUT2D eigenvalue weighted by molar-refractivity contribution is 5.77. The van der Waals surface area contributed by atoms with E-state index in [-0.39, 0.29) is 12.5 Å². The molecule has 100 valence electrons. The molecular weight excluding hydrogens is 216 g/mol. The minimum atomic E-state index is 0.0150. The fourth-order valence-electron chi connectivity index (χ4n) is 2.46. The van der Waals surface area contributed by atoms with E-state index in [0.717, 1.165) is 24.9 Å². The Kier molecular flexibility index (Phi) is 6.52. The number of carbonyl (C=O) groups excluding carboxylic acids is 1. The van der Waals surface area contributed by atoms with E-state index in [4.69, 9.17) is 5.11 Å². The largest absolute Gasteiger partial charge is 0.395 e. The lowest BCUT2D eigenvalue weighted by atomic mass is 9.89. The van der Waals surface area contributed by atoms with E-state index in [9.17, 15) is 4.79 Å². The van der Waals surface area contributed by atoms with Crippen LogP contribution in [0.2, 0.25) is 0 Å². The van der Waals surface area contributed by atoms with Gasteiger partial charge in [0.05, 0.1) is 13.2 Å².